The Hall–Kier alpha value is -2.14. The number of rotatable bonds is 3. The predicted molar refractivity (Wildman–Crippen MR) is 73.9 cm³/mol. The molecule has 0 fully saturated rings. The van der Waals surface area contributed by atoms with Crippen LogP contribution in [0.3, 0.4) is 0 Å². The summed E-state index contributed by atoms with van der Waals surface area (Å²) >= 11 is 5.74. The fourth-order valence-electron chi connectivity index (χ4n) is 1.32. The molecule has 1 aromatic carbocycles. The lowest BCUT2D eigenvalue weighted by molar-refractivity contribution is 1.15. The van der Waals surface area contributed by atoms with Gasteiger partial charge in [-0.3, -0.25) is 5.43 Å². The van der Waals surface area contributed by atoms with Gasteiger partial charge in [-0.15, -0.1) is 0 Å². The molecule has 0 saturated carbocycles. The second-order valence-electron chi connectivity index (χ2n) is 3.71. The van der Waals surface area contributed by atoms with Gasteiger partial charge in [0.25, 0.3) is 0 Å². The fraction of sp³-hybridized carbons (Fsp3) is 0.0833. The molecule has 0 spiro atoms. The van der Waals surface area contributed by atoms with Crippen molar-refractivity contribution in [2.24, 2.45) is 5.10 Å². The van der Waals surface area contributed by atoms with Crippen LogP contribution in [0, 0.1) is 6.92 Å². The highest BCUT2D eigenvalue weighted by Crippen LogP contribution is 2.12. The van der Waals surface area contributed by atoms with Crippen molar-refractivity contribution in [1.29, 1.82) is 0 Å². The summed E-state index contributed by atoms with van der Waals surface area (Å²) in [6.45, 7) is 2.03. The first kappa shape index (κ1) is 12.3. The maximum absolute atomic E-state index is 5.74. The van der Waals surface area contributed by atoms with Crippen molar-refractivity contribution >= 4 is 29.6 Å². The molecule has 0 amide bonds. The molecular formula is C12H12ClN5. The van der Waals surface area contributed by atoms with Gasteiger partial charge in [-0.2, -0.15) is 10.1 Å². The van der Waals surface area contributed by atoms with E-state index in [4.69, 9.17) is 17.3 Å². The van der Waals surface area contributed by atoms with Gasteiger partial charge in [0.2, 0.25) is 5.95 Å². The third-order valence-electron chi connectivity index (χ3n) is 2.18. The van der Waals surface area contributed by atoms with Gasteiger partial charge < -0.3 is 5.73 Å². The highest BCUT2D eigenvalue weighted by atomic mass is 35.5. The molecule has 6 heteroatoms. The largest absolute Gasteiger partial charge is 0.368 e. The molecule has 0 atom stereocenters. The van der Waals surface area contributed by atoms with Gasteiger partial charge in [-0.25, -0.2) is 4.98 Å². The number of hydrazone groups is 1. The molecule has 5 nitrogen and oxygen atoms in total. The molecule has 0 aliphatic rings. The molecule has 0 aliphatic carbocycles. The summed E-state index contributed by atoms with van der Waals surface area (Å²) in [5.74, 6) is 0.561. The van der Waals surface area contributed by atoms with E-state index < -0.39 is 0 Å². The maximum Gasteiger partial charge on any atom is 0.223 e. The van der Waals surface area contributed by atoms with Gasteiger partial charge in [0.1, 0.15) is 5.15 Å². The van der Waals surface area contributed by atoms with Gasteiger partial charge in [0, 0.05) is 6.07 Å². The van der Waals surface area contributed by atoms with E-state index >= 15 is 0 Å². The summed E-state index contributed by atoms with van der Waals surface area (Å²) in [4.78, 5) is 7.69. The number of nitrogen functional groups attached to an aromatic ring is 1. The first-order chi connectivity index (χ1) is 8.63. The molecule has 1 heterocycles. The van der Waals surface area contributed by atoms with Crippen LogP contribution >= 0.6 is 11.6 Å². The summed E-state index contributed by atoms with van der Waals surface area (Å²) in [5, 5.41) is 4.32. The smallest absolute Gasteiger partial charge is 0.223 e. The number of anilines is 2. The fourth-order valence-corrected chi connectivity index (χ4v) is 1.51. The normalized spacial score (nSPS) is 10.8. The Balaban J connectivity index is 2.04. The van der Waals surface area contributed by atoms with Crippen molar-refractivity contribution in [3.8, 4) is 0 Å². The highest BCUT2D eigenvalue weighted by molar-refractivity contribution is 6.29. The Bertz CT molecular complexity index is 545. The van der Waals surface area contributed by atoms with Crippen LogP contribution in [0.4, 0.5) is 11.8 Å². The quantitative estimate of drug-likeness (QED) is 0.506. The van der Waals surface area contributed by atoms with E-state index in [1.165, 1.54) is 5.56 Å². The van der Waals surface area contributed by atoms with E-state index in [1.807, 2.05) is 31.2 Å². The van der Waals surface area contributed by atoms with E-state index in [0.29, 0.717) is 5.82 Å². The number of nitrogens with zero attached hydrogens (tertiary/aromatic N) is 3. The summed E-state index contributed by atoms with van der Waals surface area (Å²) in [7, 11) is 0. The molecule has 92 valence electrons. The van der Waals surface area contributed by atoms with Crippen LogP contribution in [0.15, 0.2) is 35.4 Å². The predicted octanol–water partition coefficient (Wildman–Crippen LogP) is 2.47. The van der Waals surface area contributed by atoms with Crippen molar-refractivity contribution in [2.45, 2.75) is 6.92 Å². The van der Waals surface area contributed by atoms with Crippen LogP contribution in [-0.4, -0.2) is 16.2 Å². The number of hydrogen-bond donors (Lipinski definition) is 2. The second kappa shape index (κ2) is 5.46. The average molecular weight is 262 g/mol. The van der Waals surface area contributed by atoms with Gasteiger partial charge in [0.15, 0.2) is 5.82 Å². The Morgan fingerprint density at radius 2 is 2.00 bits per heavy atom. The number of benzene rings is 1. The van der Waals surface area contributed by atoms with Gasteiger partial charge in [-0.1, -0.05) is 41.4 Å². The molecule has 1 aromatic heterocycles. The molecule has 0 bridgehead atoms. The third-order valence-corrected chi connectivity index (χ3v) is 2.38. The number of halogens is 1. The lowest BCUT2D eigenvalue weighted by Gasteiger charge is -2.00. The van der Waals surface area contributed by atoms with Gasteiger partial charge >= 0.3 is 0 Å². The van der Waals surface area contributed by atoms with Crippen LogP contribution in [0.25, 0.3) is 0 Å². The molecule has 2 aromatic rings. The van der Waals surface area contributed by atoms with Crippen molar-refractivity contribution in [1.82, 2.24) is 9.97 Å². The van der Waals surface area contributed by atoms with E-state index in [2.05, 4.69) is 20.5 Å². The third kappa shape index (κ3) is 3.43. The van der Waals surface area contributed by atoms with E-state index in [0.717, 1.165) is 5.56 Å². The standard InChI is InChI=1S/C12H12ClN5/c1-8-2-4-9(5-3-8)7-15-18-11-6-10(13)16-12(14)17-11/h2-7H,1H3,(H3,14,16,17,18). The van der Waals surface area contributed by atoms with Crippen molar-refractivity contribution in [3.05, 3.63) is 46.6 Å². The van der Waals surface area contributed by atoms with Crippen LogP contribution in [0.5, 0.6) is 0 Å². The topological polar surface area (TPSA) is 76.2 Å². The zero-order valence-electron chi connectivity index (χ0n) is 9.76. The Kier molecular flexibility index (Phi) is 3.74. The molecule has 3 N–H and O–H groups in total. The molecular weight excluding hydrogens is 250 g/mol. The van der Waals surface area contributed by atoms with Crippen LogP contribution in [0.2, 0.25) is 5.15 Å². The molecule has 0 saturated heterocycles. The molecule has 18 heavy (non-hydrogen) atoms. The number of nitrogens with two attached hydrogens (primary N) is 1. The number of aryl methyl sites for hydroxylation is 1. The number of aromatic nitrogens is 2. The minimum atomic E-state index is 0.107. The molecule has 0 unspecified atom stereocenters. The Morgan fingerprint density at radius 3 is 2.67 bits per heavy atom. The van der Waals surface area contributed by atoms with Gasteiger partial charge in [-0.05, 0) is 12.5 Å². The number of nitrogens with one attached hydrogen (secondary N) is 1. The Morgan fingerprint density at radius 1 is 1.28 bits per heavy atom. The lowest BCUT2D eigenvalue weighted by atomic mass is 10.2. The second-order valence-corrected chi connectivity index (χ2v) is 4.10. The summed E-state index contributed by atoms with van der Waals surface area (Å²) in [6, 6.07) is 9.52. The Labute approximate surface area is 110 Å². The molecule has 2 rings (SSSR count). The van der Waals surface area contributed by atoms with Crippen LogP contribution in [-0.2, 0) is 0 Å². The van der Waals surface area contributed by atoms with E-state index in [-0.39, 0.29) is 11.1 Å². The SMILES string of the molecule is Cc1ccc(C=NNc2cc(Cl)nc(N)n2)cc1. The van der Waals surface area contributed by atoms with E-state index in [1.54, 1.807) is 12.3 Å². The summed E-state index contributed by atoms with van der Waals surface area (Å²) in [5.41, 5.74) is 10.4. The molecule has 0 aliphatic heterocycles. The molecule has 0 radical (unpaired) electrons. The minimum absolute atomic E-state index is 0.107. The van der Waals surface area contributed by atoms with Crippen LogP contribution < -0.4 is 11.2 Å². The zero-order chi connectivity index (χ0) is 13.0. The lowest BCUT2D eigenvalue weighted by Crippen LogP contribution is -1.99. The maximum atomic E-state index is 5.74. The first-order valence-corrected chi connectivity index (χ1v) is 5.67. The summed E-state index contributed by atoms with van der Waals surface area (Å²) < 4.78 is 0. The highest BCUT2D eigenvalue weighted by Gasteiger charge is 1.98. The van der Waals surface area contributed by atoms with Crippen molar-refractivity contribution in [2.75, 3.05) is 11.2 Å². The van der Waals surface area contributed by atoms with E-state index in [9.17, 15) is 0 Å². The number of hydrogen-bond acceptors (Lipinski definition) is 5. The van der Waals surface area contributed by atoms with Crippen molar-refractivity contribution in [3.63, 3.8) is 0 Å². The zero-order valence-corrected chi connectivity index (χ0v) is 10.5. The van der Waals surface area contributed by atoms with Crippen molar-refractivity contribution < 1.29 is 0 Å². The van der Waals surface area contributed by atoms with Gasteiger partial charge in [0.05, 0.1) is 6.21 Å². The van der Waals surface area contributed by atoms with Crippen LogP contribution in [0.1, 0.15) is 11.1 Å². The monoisotopic (exact) mass is 261 g/mol. The summed E-state index contributed by atoms with van der Waals surface area (Å²) in [6.07, 6.45) is 1.69. The minimum Gasteiger partial charge on any atom is -0.368 e. The average Bonchev–Trinajstić information content (AvgIpc) is 2.30. The first-order valence-electron chi connectivity index (χ1n) is 5.29.